The van der Waals surface area contributed by atoms with E-state index in [0.717, 1.165) is 11.3 Å². The summed E-state index contributed by atoms with van der Waals surface area (Å²) in [4.78, 5) is 16.7. The number of fused-ring (bicyclic) bond motifs is 1. The summed E-state index contributed by atoms with van der Waals surface area (Å²) in [7, 11) is 1.57. The number of pyridine rings is 1. The number of carbonyl (C=O) groups excluding carboxylic acids is 1. The van der Waals surface area contributed by atoms with Crippen LogP contribution in [0.25, 0.3) is 5.65 Å². The maximum Gasteiger partial charge on any atom is 0.255 e. The number of rotatable bonds is 3. The van der Waals surface area contributed by atoms with Crippen LogP contribution in [0, 0.1) is 6.92 Å². The highest BCUT2D eigenvalue weighted by Crippen LogP contribution is 2.23. The highest BCUT2D eigenvalue weighted by atomic mass is 16.5. The maximum atomic E-state index is 12.3. The van der Waals surface area contributed by atoms with Gasteiger partial charge in [-0.05, 0) is 31.2 Å². The maximum absolute atomic E-state index is 12.3. The van der Waals surface area contributed by atoms with E-state index < -0.39 is 0 Å². The van der Waals surface area contributed by atoms with Crippen LogP contribution in [0.1, 0.15) is 16.1 Å². The SMILES string of the molecule is COc1ccccc1NC(=O)c1ccn2cc(C)nc2c1. The van der Waals surface area contributed by atoms with Gasteiger partial charge in [-0.25, -0.2) is 4.98 Å². The molecule has 0 atom stereocenters. The Balaban J connectivity index is 1.89. The van der Waals surface area contributed by atoms with Crippen molar-refractivity contribution >= 4 is 17.2 Å². The lowest BCUT2D eigenvalue weighted by atomic mass is 10.2. The fourth-order valence-corrected chi connectivity index (χ4v) is 2.19. The summed E-state index contributed by atoms with van der Waals surface area (Å²) < 4.78 is 7.11. The van der Waals surface area contributed by atoms with Crippen LogP contribution in [0.15, 0.2) is 48.8 Å². The number of amides is 1. The van der Waals surface area contributed by atoms with Crippen molar-refractivity contribution in [3.63, 3.8) is 0 Å². The number of benzene rings is 1. The molecule has 5 nitrogen and oxygen atoms in total. The third-order valence-electron chi connectivity index (χ3n) is 3.20. The van der Waals surface area contributed by atoms with Gasteiger partial charge in [0, 0.05) is 18.0 Å². The van der Waals surface area contributed by atoms with Gasteiger partial charge in [-0.2, -0.15) is 0 Å². The number of hydrogen-bond acceptors (Lipinski definition) is 3. The number of methoxy groups -OCH3 is 1. The van der Waals surface area contributed by atoms with Gasteiger partial charge in [0.1, 0.15) is 11.4 Å². The van der Waals surface area contributed by atoms with Gasteiger partial charge >= 0.3 is 0 Å². The van der Waals surface area contributed by atoms with Crippen molar-refractivity contribution in [3.05, 3.63) is 60.0 Å². The Kier molecular flexibility index (Phi) is 3.31. The summed E-state index contributed by atoms with van der Waals surface area (Å²) in [6.45, 7) is 1.92. The quantitative estimate of drug-likeness (QED) is 0.803. The Morgan fingerprint density at radius 2 is 2.10 bits per heavy atom. The molecule has 0 radical (unpaired) electrons. The van der Waals surface area contributed by atoms with E-state index >= 15 is 0 Å². The standard InChI is InChI=1S/C16H15N3O2/c1-11-10-19-8-7-12(9-15(19)17-11)16(20)18-13-5-3-4-6-14(13)21-2/h3-10H,1-2H3,(H,18,20). The lowest BCUT2D eigenvalue weighted by Crippen LogP contribution is -2.12. The molecule has 2 aromatic heterocycles. The summed E-state index contributed by atoms with van der Waals surface area (Å²) in [5.74, 6) is 0.436. The lowest BCUT2D eigenvalue weighted by Gasteiger charge is -2.09. The lowest BCUT2D eigenvalue weighted by molar-refractivity contribution is 0.102. The molecule has 0 saturated heterocycles. The van der Waals surface area contributed by atoms with Crippen molar-refractivity contribution in [2.24, 2.45) is 0 Å². The summed E-state index contributed by atoms with van der Waals surface area (Å²) in [6, 6.07) is 10.8. The average molecular weight is 281 g/mol. The normalized spacial score (nSPS) is 10.6. The predicted molar refractivity (Wildman–Crippen MR) is 80.9 cm³/mol. The zero-order valence-electron chi connectivity index (χ0n) is 11.8. The second kappa shape index (κ2) is 5.28. The summed E-state index contributed by atoms with van der Waals surface area (Å²) in [5, 5.41) is 2.85. The third-order valence-corrected chi connectivity index (χ3v) is 3.20. The monoisotopic (exact) mass is 281 g/mol. The number of aromatic nitrogens is 2. The van der Waals surface area contributed by atoms with Gasteiger partial charge in [0.2, 0.25) is 0 Å². The molecule has 1 N–H and O–H groups in total. The molecule has 0 aliphatic rings. The fraction of sp³-hybridized carbons (Fsp3) is 0.125. The molecule has 0 saturated carbocycles. The molecule has 3 aromatic rings. The second-order valence-corrected chi connectivity index (χ2v) is 4.72. The molecule has 0 aliphatic heterocycles. The van der Waals surface area contributed by atoms with Gasteiger partial charge in [0.25, 0.3) is 5.91 Å². The van der Waals surface area contributed by atoms with Gasteiger partial charge < -0.3 is 14.5 Å². The van der Waals surface area contributed by atoms with Crippen LogP contribution < -0.4 is 10.1 Å². The van der Waals surface area contributed by atoms with E-state index in [1.807, 2.05) is 35.9 Å². The zero-order chi connectivity index (χ0) is 14.8. The first-order valence-corrected chi connectivity index (χ1v) is 6.57. The van der Waals surface area contributed by atoms with Crippen molar-refractivity contribution in [3.8, 4) is 5.75 Å². The number of hydrogen-bond donors (Lipinski definition) is 1. The molecule has 0 spiro atoms. The molecule has 3 rings (SSSR count). The van der Waals surface area contributed by atoms with Crippen LogP contribution in [0.5, 0.6) is 5.75 Å². The number of nitrogens with zero attached hydrogens (tertiary/aromatic N) is 2. The Hall–Kier alpha value is -2.82. The van der Waals surface area contributed by atoms with E-state index in [9.17, 15) is 4.79 Å². The first-order chi connectivity index (χ1) is 10.2. The predicted octanol–water partition coefficient (Wildman–Crippen LogP) is 2.90. The number of nitrogens with one attached hydrogen (secondary N) is 1. The molecule has 1 aromatic carbocycles. The van der Waals surface area contributed by atoms with Crippen molar-refractivity contribution in [2.75, 3.05) is 12.4 Å². The Labute approximate surface area is 122 Å². The van der Waals surface area contributed by atoms with Gasteiger partial charge in [-0.3, -0.25) is 4.79 Å². The van der Waals surface area contributed by atoms with Crippen LogP contribution in [0.4, 0.5) is 5.69 Å². The van der Waals surface area contributed by atoms with Crippen molar-refractivity contribution in [2.45, 2.75) is 6.92 Å². The summed E-state index contributed by atoms with van der Waals surface area (Å²) in [5.41, 5.74) is 2.86. The molecule has 5 heteroatoms. The van der Waals surface area contributed by atoms with E-state index in [1.54, 1.807) is 31.4 Å². The number of carbonyl (C=O) groups is 1. The van der Waals surface area contributed by atoms with Crippen molar-refractivity contribution in [1.29, 1.82) is 0 Å². The average Bonchev–Trinajstić information content (AvgIpc) is 2.86. The van der Waals surface area contributed by atoms with Crippen LogP contribution in [0.3, 0.4) is 0 Å². The first-order valence-electron chi connectivity index (χ1n) is 6.57. The first kappa shape index (κ1) is 13.2. The summed E-state index contributed by atoms with van der Waals surface area (Å²) >= 11 is 0. The molecular formula is C16H15N3O2. The van der Waals surface area contributed by atoms with Gasteiger partial charge in [-0.15, -0.1) is 0 Å². The van der Waals surface area contributed by atoms with Crippen molar-refractivity contribution < 1.29 is 9.53 Å². The molecule has 0 unspecified atom stereocenters. The van der Waals surface area contributed by atoms with E-state index in [0.29, 0.717) is 17.0 Å². The molecular weight excluding hydrogens is 266 g/mol. The minimum absolute atomic E-state index is 0.192. The van der Waals surface area contributed by atoms with Crippen LogP contribution in [-0.4, -0.2) is 22.4 Å². The second-order valence-electron chi connectivity index (χ2n) is 4.72. The highest BCUT2D eigenvalue weighted by Gasteiger charge is 2.10. The van der Waals surface area contributed by atoms with Crippen LogP contribution in [-0.2, 0) is 0 Å². The number of imidazole rings is 1. The fourth-order valence-electron chi connectivity index (χ4n) is 2.19. The van der Waals surface area contributed by atoms with Crippen LogP contribution in [0.2, 0.25) is 0 Å². The van der Waals surface area contributed by atoms with E-state index in [2.05, 4.69) is 10.3 Å². The minimum atomic E-state index is -0.192. The minimum Gasteiger partial charge on any atom is -0.495 e. The van der Waals surface area contributed by atoms with Gasteiger partial charge in [0.15, 0.2) is 0 Å². The molecule has 2 heterocycles. The van der Waals surface area contributed by atoms with E-state index in [-0.39, 0.29) is 5.91 Å². The molecule has 106 valence electrons. The van der Waals surface area contributed by atoms with Crippen molar-refractivity contribution in [1.82, 2.24) is 9.38 Å². The Morgan fingerprint density at radius 3 is 2.90 bits per heavy atom. The van der Waals surface area contributed by atoms with Gasteiger partial charge in [0.05, 0.1) is 18.5 Å². The topological polar surface area (TPSA) is 55.6 Å². The van der Waals surface area contributed by atoms with Gasteiger partial charge in [-0.1, -0.05) is 12.1 Å². The highest BCUT2D eigenvalue weighted by molar-refractivity contribution is 6.05. The molecule has 1 amide bonds. The molecule has 21 heavy (non-hydrogen) atoms. The van der Waals surface area contributed by atoms with E-state index in [4.69, 9.17) is 4.74 Å². The number of anilines is 1. The third kappa shape index (κ3) is 2.58. The molecule has 0 bridgehead atoms. The summed E-state index contributed by atoms with van der Waals surface area (Å²) in [6.07, 6.45) is 3.74. The smallest absolute Gasteiger partial charge is 0.255 e. The largest absolute Gasteiger partial charge is 0.495 e. The van der Waals surface area contributed by atoms with E-state index in [1.165, 1.54) is 0 Å². The number of para-hydroxylation sites is 2. The molecule has 0 aliphatic carbocycles. The Bertz CT molecular complexity index is 808. The Morgan fingerprint density at radius 1 is 1.29 bits per heavy atom. The molecule has 0 fully saturated rings. The zero-order valence-corrected chi connectivity index (χ0v) is 11.8. The number of aryl methyl sites for hydroxylation is 1. The van der Waals surface area contributed by atoms with Crippen LogP contribution >= 0.6 is 0 Å². The number of ether oxygens (including phenoxy) is 1.